The molecule has 1 aliphatic carbocycles. The quantitative estimate of drug-likeness (QED) is 0.660. The smallest absolute Gasteiger partial charge is 0.251 e. The van der Waals surface area contributed by atoms with Gasteiger partial charge in [0.15, 0.2) is 5.78 Å². The molecule has 0 saturated heterocycles. The number of primary amides is 1. The molecule has 8 heteroatoms. The number of rotatable bonds is 3. The molecule has 1 amide bonds. The number of Topliss-reactive ketones (excluding diaryl/α,β-unsaturated/α-hetero) is 1. The number of nitrogens with two attached hydrogens (primary N) is 2. The SMILES string of the molecule is NC(=O)c1c(N)sc2c1CCC(c1ccccc1)(c1cn[nH]n1)C2=O. The van der Waals surface area contributed by atoms with Crippen LogP contribution in [0.5, 0.6) is 0 Å². The number of ketones is 1. The maximum absolute atomic E-state index is 13.5. The van der Waals surface area contributed by atoms with Crippen LogP contribution in [-0.4, -0.2) is 27.1 Å². The highest BCUT2D eigenvalue weighted by molar-refractivity contribution is 7.18. The van der Waals surface area contributed by atoms with Gasteiger partial charge in [-0.1, -0.05) is 30.3 Å². The largest absolute Gasteiger partial charge is 0.390 e. The highest BCUT2D eigenvalue weighted by Gasteiger charge is 2.49. The van der Waals surface area contributed by atoms with E-state index in [4.69, 9.17) is 11.5 Å². The van der Waals surface area contributed by atoms with Crippen molar-refractivity contribution < 1.29 is 9.59 Å². The lowest BCUT2D eigenvalue weighted by Crippen LogP contribution is -2.41. The average molecular weight is 353 g/mol. The Balaban J connectivity index is 1.96. The number of aromatic amines is 1. The van der Waals surface area contributed by atoms with Crippen molar-refractivity contribution in [3.8, 4) is 0 Å². The molecule has 1 atom stereocenters. The Labute approximate surface area is 147 Å². The maximum atomic E-state index is 13.5. The van der Waals surface area contributed by atoms with Crippen LogP contribution in [-0.2, 0) is 11.8 Å². The zero-order valence-electron chi connectivity index (χ0n) is 13.2. The minimum atomic E-state index is -0.951. The standard InChI is InChI=1S/C17H15N5O2S/c18-15(24)12-10-6-7-17(11-8-20-22-21-11,9-4-2-1-3-5-9)14(23)13(10)25-16(12)19/h1-5,8H,6-7,19H2,(H2,18,24)(H,20,21,22). The van der Waals surface area contributed by atoms with E-state index >= 15 is 0 Å². The molecule has 2 heterocycles. The highest BCUT2D eigenvalue weighted by Crippen LogP contribution is 2.47. The molecule has 0 aliphatic heterocycles. The third kappa shape index (κ3) is 2.11. The van der Waals surface area contributed by atoms with Crippen LogP contribution in [0.4, 0.5) is 5.00 Å². The van der Waals surface area contributed by atoms with E-state index in [-0.39, 0.29) is 16.3 Å². The van der Waals surface area contributed by atoms with Gasteiger partial charge in [-0.15, -0.1) is 11.3 Å². The third-order valence-corrected chi connectivity index (χ3v) is 5.80. The Morgan fingerprint density at radius 2 is 2.04 bits per heavy atom. The number of carbonyl (C=O) groups excluding carboxylic acids is 2. The van der Waals surface area contributed by atoms with E-state index in [1.807, 2.05) is 30.3 Å². The first-order chi connectivity index (χ1) is 12.1. The van der Waals surface area contributed by atoms with Gasteiger partial charge < -0.3 is 11.5 Å². The Morgan fingerprint density at radius 3 is 2.68 bits per heavy atom. The number of nitrogen functional groups attached to an aromatic ring is 1. The minimum absolute atomic E-state index is 0.127. The van der Waals surface area contributed by atoms with E-state index in [1.54, 1.807) is 6.20 Å². The summed E-state index contributed by atoms with van der Waals surface area (Å²) < 4.78 is 0. The second kappa shape index (κ2) is 5.52. The number of amides is 1. The molecular weight excluding hydrogens is 338 g/mol. The predicted octanol–water partition coefficient (Wildman–Crippen LogP) is 1.66. The summed E-state index contributed by atoms with van der Waals surface area (Å²) in [6.45, 7) is 0. The molecule has 3 aromatic rings. The number of nitrogens with zero attached hydrogens (tertiary/aromatic N) is 2. The summed E-state index contributed by atoms with van der Waals surface area (Å²) in [5.41, 5.74) is 12.8. The van der Waals surface area contributed by atoms with Gasteiger partial charge in [0.1, 0.15) is 11.1 Å². The summed E-state index contributed by atoms with van der Waals surface area (Å²) in [6.07, 6.45) is 2.54. The number of hydrogen-bond acceptors (Lipinski definition) is 6. The van der Waals surface area contributed by atoms with Crippen LogP contribution in [0.25, 0.3) is 0 Å². The number of H-pyrrole nitrogens is 1. The first-order valence-electron chi connectivity index (χ1n) is 7.73. The third-order valence-electron chi connectivity index (χ3n) is 4.74. The van der Waals surface area contributed by atoms with Crippen molar-refractivity contribution in [2.75, 3.05) is 5.73 Å². The maximum Gasteiger partial charge on any atom is 0.251 e. The van der Waals surface area contributed by atoms with E-state index < -0.39 is 11.3 Å². The van der Waals surface area contributed by atoms with Crippen LogP contribution < -0.4 is 11.5 Å². The number of carbonyl (C=O) groups is 2. The summed E-state index contributed by atoms with van der Waals surface area (Å²) in [5, 5.41) is 11.0. The molecule has 0 saturated carbocycles. The summed E-state index contributed by atoms with van der Waals surface area (Å²) in [4.78, 5) is 25.8. The molecule has 7 nitrogen and oxygen atoms in total. The average Bonchev–Trinajstić information content (AvgIpc) is 3.24. The van der Waals surface area contributed by atoms with Gasteiger partial charge in [0.2, 0.25) is 0 Å². The Morgan fingerprint density at radius 1 is 1.28 bits per heavy atom. The number of aromatic nitrogens is 3. The fourth-order valence-electron chi connectivity index (χ4n) is 3.59. The lowest BCUT2D eigenvalue weighted by atomic mass is 9.66. The summed E-state index contributed by atoms with van der Waals surface area (Å²) in [6, 6.07) is 9.48. The second-order valence-corrected chi connectivity index (χ2v) is 7.02. The van der Waals surface area contributed by atoms with E-state index in [0.717, 1.165) is 16.9 Å². The Hall–Kier alpha value is -3.00. The lowest BCUT2D eigenvalue weighted by molar-refractivity contribution is 0.0894. The van der Waals surface area contributed by atoms with Crippen molar-refractivity contribution in [2.24, 2.45) is 5.73 Å². The molecule has 126 valence electrons. The predicted molar refractivity (Wildman–Crippen MR) is 93.5 cm³/mol. The first-order valence-corrected chi connectivity index (χ1v) is 8.55. The number of thiophene rings is 1. The zero-order chi connectivity index (χ0) is 17.6. The molecule has 0 spiro atoms. The first kappa shape index (κ1) is 15.5. The van der Waals surface area contributed by atoms with Gasteiger partial charge in [0.05, 0.1) is 21.6 Å². The second-order valence-electron chi connectivity index (χ2n) is 5.97. The number of anilines is 1. The highest BCUT2D eigenvalue weighted by atomic mass is 32.1. The number of hydrogen-bond donors (Lipinski definition) is 3. The molecule has 0 bridgehead atoms. The van der Waals surface area contributed by atoms with Crippen LogP contribution in [0.15, 0.2) is 36.5 Å². The normalized spacial score (nSPS) is 19.6. The zero-order valence-corrected chi connectivity index (χ0v) is 14.0. The molecule has 1 aliphatic rings. The van der Waals surface area contributed by atoms with Gasteiger partial charge in [-0.2, -0.15) is 15.4 Å². The van der Waals surface area contributed by atoms with E-state index in [2.05, 4.69) is 15.4 Å². The fourth-order valence-corrected chi connectivity index (χ4v) is 4.73. The summed E-state index contributed by atoms with van der Waals surface area (Å²) in [5.74, 6) is -0.727. The Bertz CT molecular complexity index is 965. The molecule has 1 unspecified atom stereocenters. The topological polar surface area (TPSA) is 128 Å². The van der Waals surface area contributed by atoms with Crippen molar-refractivity contribution in [1.29, 1.82) is 0 Å². The van der Waals surface area contributed by atoms with Crippen LogP contribution >= 0.6 is 11.3 Å². The number of nitrogens with one attached hydrogen (secondary N) is 1. The van der Waals surface area contributed by atoms with Crippen LogP contribution in [0, 0.1) is 0 Å². The van der Waals surface area contributed by atoms with Crippen LogP contribution in [0.3, 0.4) is 0 Å². The van der Waals surface area contributed by atoms with Gasteiger partial charge in [-0.25, -0.2) is 0 Å². The molecule has 0 fully saturated rings. The minimum Gasteiger partial charge on any atom is -0.390 e. The van der Waals surface area contributed by atoms with Crippen molar-refractivity contribution in [1.82, 2.24) is 15.4 Å². The van der Waals surface area contributed by atoms with Crippen LogP contribution in [0.2, 0.25) is 0 Å². The van der Waals surface area contributed by atoms with Gasteiger partial charge in [0.25, 0.3) is 5.91 Å². The molecular formula is C17H15N5O2S. The molecule has 4 rings (SSSR count). The number of fused-ring (bicyclic) bond motifs is 1. The molecule has 1 aromatic carbocycles. The van der Waals surface area contributed by atoms with E-state index in [1.165, 1.54) is 0 Å². The van der Waals surface area contributed by atoms with Crippen LogP contribution in [0.1, 0.15) is 43.3 Å². The summed E-state index contributed by atoms with van der Waals surface area (Å²) in [7, 11) is 0. The molecule has 0 radical (unpaired) electrons. The van der Waals surface area contributed by atoms with Gasteiger partial charge >= 0.3 is 0 Å². The van der Waals surface area contributed by atoms with Crippen molar-refractivity contribution >= 4 is 28.0 Å². The van der Waals surface area contributed by atoms with Gasteiger partial charge in [-0.05, 0) is 24.0 Å². The van der Waals surface area contributed by atoms with Gasteiger partial charge in [0, 0.05) is 0 Å². The monoisotopic (exact) mass is 353 g/mol. The molecule has 25 heavy (non-hydrogen) atoms. The number of benzene rings is 1. The lowest BCUT2D eigenvalue weighted by Gasteiger charge is -2.34. The van der Waals surface area contributed by atoms with Crippen molar-refractivity contribution in [2.45, 2.75) is 18.3 Å². The van der Waals surface area contributed by atoms with Crippen molar-refractivity contribution in [3.63, 3.8) is 0 Å². The van der Waals surface area contributed by atoms with E-state index in [0.29, 0.717) is 29.0 Å². The van der Waals surface area contributed by atoms with Gasteiger partial charge in [-0.3, -0.25) is 9.59 Å². The molecule has 2 aromatic heterocycles. The summed E-state index contributed by atoms with van der Waals surface area (Å²) >= 11 is 1.12. The Kier molecular flexibility index (Phi) is 3.43. The van der Waals surface area contributed by atoms with Crippen molar-refractivity contribution in [3.05, 3.63) is 63.8 Å². The fraction of sp³-hybridized carbons (Fsp3) is 0.176. The van der Waals surface area contributed by atoms with E-state index in [9.17, 15) is 9.59 Å². The molecule has 5 N–H and O–H groups in total.